The summed E-state index contributed by atoms with van der Waals surface area (Å²) < 4.78 is 0. The Morgan fingerprint density at radius 3 is 2.62 bits per heavy atom. The van der Waals surface area contributed by atoms with Crippen LogP contribution in [0.1, 0.15) is 35.7 Å². The van der Waals surface area contributed by atoms with E-state index in [2.05, 4.69) is 4.98 Å². The van der Waals surface area contributed by atoms with E-state index >= 15 is 0 Å². The summed E-state index contributed by atoms with van der Waals surface area (Å²) in [6, 6.07) is 1.41. The van der Waals surface area contributed by atoms with Crippen molar-refractivity contribution in [3.05, 3.63) is 33.7 Å². The highest BCUT2D eigenvalue weighted by molar-refractivity contribution is 5.87. The third kappa shape index (κ3) is 1.96. The molecule has 0 bridgehead atoms. The molecule has 0 spiro atoms. The molecule has 0 unspecified atom stereocenters. The van der Waals surface area contributed by atoms with Crippen molar-refractivity contribution < 1.29 is 9.90 Å². The second kappa shape index (κ2) is 3.43. The van der Waals surface area contributed by atoms with Crippen LogP contribution in [0.5, 0.6) is 0 Å². The zero-order chi connectivity index (χ0) is 10.0. The second-order valence-corrected chi connectivity index (χ2v) is 3.13. The SMILES string of the molecule is CC(C)c1cc(C(=O)O)c[nH]c1=O. The van der Waals surface area contributed by atoms with Crippen molar-refractivity contribution in [3.63, 3.8) is 0 Å². The van der Waals surface area contributed by atoms with E-state index in [9.17, 15) is 9.59 Å². The molecule has 1 rings (SSSR count). The van der Waals surface area contributed by atoms with Crippen LogP contribution in [0.3, 0.4) is 0 Å². The van der Waals surface area contributed by atoms with Gasteiger partial charge in [0.15, 0.2) is 0 Å². The maximum absolute atomic E-state index is 11.2. The lowest BCUT2D eigenvalue weighted by molar-refractivity contribution is 0.0696. The van der Waals surface area contributed by atoms with E-state index in [0.717, 1.165) is 0 Å². The molecule has 0 aliphatic rings. The van der Waals surface area contributed by atoms with E-state index in [1.807, 2.05) is 13.8 Å². The maximum atomic E-state index is 11.2. The number of hydrogen-bond acceptors (Lipinski definition) is 2. The number of nitrogens with one attached hydrogen (secondary N) is 1. The summed E-state index contributed by atoms with van der Waals surface area (Å²) in [6.45, 7) is 3.69. The van der Waals surface area contributed by atoms with Crippen molar-refractivity contribution in [2.45, 2.75) is 19.8 Å². The monoisotopic (exact) mass is 181 g/mol. The first kappa shape index (κ1) is 9.51. The van der Waals surface area contributed by atoms with Crippen LogP contribution in [0.15, 0.2) is 17.1 Å². The van der Waals surface area contributed by atoms with E-state index in [1.165, 1.54) is 12.3 Å². The number of H-pyrrole nitrogens is 1. The summed E-state index contributed by atoms with van der Waals surface area (Å²) in [7, 11) is 0. The van der Waals surface area contributed by atoms with Gasteiger partial charge in [-0.3, -0.25) is 4.79 Å². The van der Waals surface area contributed by atoms with Crippen LogP contribution in [0.4, 0.5) is 0 Å². The first-order chi connectivity index (χ1) is 6.02. The van der Waals surface area contributed by atoms with Gasteiger partial charge in [0.1, 0.15) is 0 Å². The van der Waals surface area contributed by atoms with Gasteiger partial charge in [-0.1, -0.05) is 13.8 Å². The van der Waals surface area contributed by atoms with Gasteiger partial charge in [-0.25, -0.2) is 4.79 Å². The highest BCUT2D eigenvalue weighted by Crippen LogP contribution is 2.09. The Hall–Kier alpha value is -1.58. The highest BCUT2D eigenvalue weighted by atomic mass is 16.4. The Morgan fingerprint density at radius 1 is 1.54 bits per heavy atom. The van der Waals surface area contributed by atoms with E-state index in [4.69, 9.17) is 5.11 Å². The number of carbonyl (C=O) groups is 1. The minimum Gasteiger partial charge on any atom is -0.478 e. The molecule has 70 valence electrons. The number of rotatable bonds is 2. The van der Waals surface area contributed by atoms with Crippen LogP contribution in [-0.2, 0) is 0 Å². The molecular weight excluding hydrogens is 170 g/mol. The number of aromatic carboxylic acids is 1. The van der Waals surface area contributed by atoms with E-state index in [1.54, 1.807) is 0 Å². The molecule has 1 aromatic rings. The van der Waals surface area contributed by atoms with Gasteiger partial charge in [0.25, 0.3) is 5.56 Å². The number of hydrogen-bond donors (Lipinski definition) is 2. The molecular formula is C9H11NO3. The van der Waals surface area contributed by atoms with Crippen LogP contribution in [0.2, 0.25) is 0 Å². The molecule has 0 fully saturated rings. The molecule has 0 aromatic carbocycles. The zero-order valence-electron chi connectivity index (χ0n) is 7.50. The van der Waals surface area contributed by atoms with Crippen LogP contribution in [0.25, 0.3) is 0 Å². The Bertz CT molecular complexity index is 379. The molecule has 0 saturated carbocycles. The standard InChI is InChI=1S/C9H11NO3/c1-5(2)7-3-6(9(12)13)4-10-8(7)11/h3-5H,1-2H3,(H,10,11)(H,12,13). The molecule has 0 radical (unpaired) electrons. The highest BCUT2D eigenvalue weighted by Gasteiger charge is 2.09. The maximum Gasteiger partial charge on any atom is 0.337 e. The van der Waals surface area contributed by atoms with Crippen LogP contribution < -0.4 is 5.56 Å². The molecule has 0 aliphatic heterocycles. The van der Waals surface area contributed by atoms with Crippen molar-refractivity contribution >= 4 is 5.97 Å². The summed E-state index contributed by atoms with van der Waals surface area (Å²) in [4.78, 5) is 24.1. The van der Waals surface area contributed by atoms with Gasteiger partial charge in [0.2, 0.25) is 0 Å². The van der Waals surface area contributed by atoms with Gasteiger partial charge in [-0.2, -0.15) is 0 Å². The predicted octanol–water partition coefficient (Wildman–Crippen LogP) is 1.20. The number of aromatic amines is 1. The third-order valence-corrected chi connectivity index (χ3v) is 1.80. The van der Waals surface area contributed by atoms with Gasteiger partial charge in [0, 0.05) is 11.8 Å². The lowest BCUT2D eigenvalue weighted by atomic mass is 10.0. The fourth-order valence-electron chi connectivity index (χ4n) is 1.05. The average molecular weight is 181 g/mol. The summed E-state index contributed by atoms with van der Waals surface area (Å²) in [6.07, 6.45) is 1.20. The second-order valence-electron chi connectivity index (χ2n) is 3.13. The number of carboxylic acids is 1. The van der Waals surface area contributed by atoms with Gasteiger partial charge in [0.05, 0.1) is 5.56 Å². The third-order valence-electron chi connectivity index (χ3n) is 1.80. The zero-order valence-corrected chi connectivity index (χ0v) is 7.50. The molecule has 1 heterocycles. The summed E-state index contributed by atoms with van der Waals surface area (Å²) >= 11 is 0. The molecule has 2 N–H and O–H groups in total. The van der Waals surface area contributed by atoms with Crippen LogP contribution in [-0.4, -0.2) is 16.1 Å². The van der Waals surface area contributed by atoms with E-state index in [-0.39, 0.29) is 17.0 Å². The van der Waals surface area contributed by atoms with Crippen molar-refractivity contribution in [1.29, 1.82) is 0 Å². The van der Waals surface area contributed by atoms with Crippen LogP contribution in [0, 0.1) is 0 Å². The Balaban J connectivity index is 3.27. The Labute approximate surface area is 75.2 Å². The van der Waals surface area contributed by atoms with Crippen LogP contribution >= 0.6 is 0 Å². The first-order valence-corrected chi connectivity index (χ1v) is 3.98. The quantitative estimate of drug-likeness (QED) is 0.720. The molecule has 13 heavy (non-hydrogen) atoms. The minimum atomic E-state index is -1.03. The number of carboxylic acid groups (broad SMARTS) is 1. The van der Waals surface area contributed by atoms with E-state index < -0.39 is 5.97 Å². The molecule has 0 atom stereocenters. The van der Waals surface area contributed by atoms with Crippen molar-refractivity contribution in [3.8, 4) is 0 Å². The van der Waals surface area contributed by atoms with E-state index in [0.29, 0.717) is 5.56 Å². The van der Waals surface area contributed by atoms with Crippen molar-refractivity contribution in [2.24, 2.45) is 0 Å². The first-order valence-electron chi connectivity index (χ1n) is 3.98. The summed E-state index contributed by atoms with van der Waals surface area (Å²) in [5, 5.41) is 8.66. The topological polar surface area (TPSA) is 70.2 Å². The molecule has 4 heteroatoms. The lowest BCUT2D eigenvalue weighted by Crippen LogP contribution is -2.15. The average Bonchev–Trinajstić information content (AvgIpc) is 2.04. The summed E-state index contributed by atoms with van der Waals surface area (Å²) in [5.41, 5.74) is 0.392. The Kier molecular flexibility index (Phi) is 2.51. The van der Waals surface area contributed by atoms with Gasteiger partial charge in [-0.15, -0.1) is 0 Å². The molecule has 1 aromatic heterocycles. The minimum absolute atomic E-state index is 0.0306. The fraction of sp³-hybridized carbons (Fsp3) is 0.333. The van der Waals surface area contributed by atoms with Gasteiger partial charge >= 0.3 is 5.97 Å². The lowest BCUT2D eigenvalue weighted by Gasteiger charge is -2.03. The van der Waals surface area contributed by atoms with Crippen molar-refractivity contribution in [1.82, 2.24) is 4.98 Å². The summed E-state index contributed by atoms with van der Waals surface area (Å²) in [5.74, 6) is -0.999. The molecule has 0 aliphatic carbocycles. The molecule has 4 nitrogen and oxygen atoms in total. The number of pyridine rings is 1. The predicted molar refractivity (Wildman–Crippen MR) is 48.1 cm³/mol. The smallest absolute Gasteiger partial charge is 0.337 e. The Morgan fingerprint density at radius 2 is 2.15 bits per heavy atom. The molecule has 0 saturated heterocycles. The van der Waals surface area contributed by atoms with Gasteiger partial charge in [-0.05, 0) is 12.0 Å². The normalized spacial score (nSPS) is 10.4. The number of aromatic nitrogens is 1. The largest absolute Gasteiger partial charge is 0.478 e. The van der Waals surface area contributed by atoms with Gasteiger partial charge < -0.3 is 10.1 Å². The molecule has 0 amide bonds. The fourth-order valence-corrected chi connectivity index (χ4v) is 1.05. The van der Waals surface area contributed by atoms with Crippen molar-refractivity contribution in [2.75, 3.05) is 0 Å².